The third kappa shape index (κ3) is 1.43. The predicted octanol–water partition coefficient (Wildman–Crippen LogP) is 2.37. The first-order chi connectivity index (χ1) is 4.22. The molecule has 0 aliphatic heterocycles. The number of rotatable bonds is 0. The summed E-state index contributed by atoms with van der Waals surface area (Å²) in [7, 11) is 0. The normalized spacial score (nSPS) is 9.67. The number of thiol groups is 2. The first-order valence-electron chi connectivity index (χ1n) is 2.61. The van der Waals surface area contributed by atoms with Crippen molar-refractivity contribution < 1.29 is 0 Å². The lowest BCUT2D eigenvalue weighted by atomic mass is 10.2. The molecule has 0 saturated heterocycles. The van der Waals surface area contributed by atoms with Crippen molar-refractivity contribution in [2.75, 3.05) is 0 Å². The van der Waals surface area contributed by atoms with E-state index >= 15 is 0 Å². The monoisotopic (exact) mass is 155 g/mol. The van der Waals surface area contributed by atoms with Gasteiger partial charge in [0.2, 0.25) is 0 Å². The fourth-order valence-corrected chi connectivity index (χ4v) is 0.970. The summed E-state index contributed by atoms with van der Waals surface area (Å²) in [5.41, 5.74) is 1.14. The minimum atomic E-state index is 0.818. The van der Waals surface area contributed by atoms with Gasteiger partial charge in [-0.2, -0.15) is 0 Å². The van der Waals surface area contributed by atoms with Gasteiger partial charge in [-0.05, 0) is 18.6 Å². The van der Waals surface area contributed by atoms with E-state index in [9.17, 15) is 0 Å². The largest absolute Gasteiger partial charge is 0.142 e. The van der Waals surface area contributed by atoms with E-state index in [0.29, 0.717) is 0 Å². The van der Waals surface area contributed by atoms with Crippen molar-refractivity contribution in [1.82, 2.24) is 0 Å². The highest BCUT2D eigenvalue weighted by atomic mass is 32.1. The fraction of sp³-hybridized carbons (Fsp3) is 0.143. The number of aryl methyl sites for hydroxylation is 1. The summed E-state index contributed by atoms with van der Waals surface area (Å²) in [5, 5.41) is 0. The molecule has 0 atom stereocenters. The van der Waals surface area contributed by atoms with Crippen molar-refractivity contribution in [1.29, 1.82) is 0 Å². The van der Waals surface area contributed by atoms with Crippen molar-refractivity contribution in [2.45, 2.75) is 16.7 Å². The van der Waals surface area contributed by atoms with E-state index < -0.39 is 0 Å². The summed E-state index contributed by atoms with van der Waals surface area (Å²) in [5.74, 6) is 0. The highest BCUT2D eigenvalue weighted by Gasteiger charge is 1.94. The molecule has 0 N–H and O–H groups in total. The Morgan fingerprint density at radius 2 is 2.11 bits per heavy atom. The molecule has 0 unspecified atom stereocenters. The van der Waals surface area contributed by atoms with Gasteiger partial charge in [0.15, 0.2) is 0 Å². The smallest absolute Gasteiger partial charge is 0.0256 e. The van der Waals surface area contributed by atoms with Crippen LogP contribution in [0.25, 0.3) is 0 Å². The van der Waals surface area contributed by atoms with E-state index in [2.05, 4.69) is 31.3 Å². The predicted molar refractivity (Wildman–Crippen MR) is 44.5 cm³/mol. The van der Waals surface area contributed by atoms with Gasteiger partial charge in [0, 0.05) is 9.79 Å². The molecule has 0 amide bonds. The van der Waals surface area contributed by atoms with E-state index in [-0.39, 0.29) is 0 Å². The van der Waals surface area contributed by atoms with E-state index in [1.54, 1.807) is 0 Å². The molecular weight excluding hydrogens is 148 g/mol. The Morgan fingerprint density at radius 1 is 1.44 bits per heavy atom. The lowest BCUT2D eigenvalue weighted by molar-refractivity contribution is 1.18. The minimum Gasteiger partial charge on any atom is -0.142 e. The Kier molecular flexibility index (Phi) is 2.09. The van der Waals surface area contributed by atoms with Gasteiger partial charge in [-0.3, -0.25) is 0 Å². The Labute approximate surface area is 66.1 Å². The third-order valence-electron chi connectivity index (χ3n) is 1.15. The average Bonchev–Trinajstić information content (AvgIpc) is 1.83. The molecule has 1 aromatic carbocycles. The van der Waals surface area contributed by atoms with Gasteiger partial charge in [-0.25, -0.2) is 0 Å². The zero-order valence-corrected chi connectivity index (χ0v) is 6.84. The second-order valence-corrected chi connectivity index (χ2v) is 2.75. The quantitative estimate of drug-likeness (QED) is 0.528. The van der Waals surface area contributed by atoms with Crippen LogP contribution < -0.4 is 0 Å². The Morgan fingerprint density at radius 3 is 2.56 bits per heavy atom. The second kappa shape index (κ2) is 2.67. The number of hydrogen-bond donors (Lipinski definition) is 2. The Hall–Kier alpha value is -0.0800. The highest BCUT2D eigenvalue weighted by Crippen LogP contribution is 2.20. The lowest BCUT2D eigenvalue weighted by Gasteiger charge is -1.98. The summed E-state index contributed by atoms with van der Waals surface area (Å²) in [6.45, 7) is 2.00. The minimum absolute atomic E-state index is 0.818. The van der Waals surface area contributed by atoms with Crippen LogP contribution in [0.5, 0.6) is 0 Å². The Bertz CT molecular complexity index is 198. The van der Waals surface area contributed by atoms with Crippen molar-refractivity contribution in [2.24, 2.45) is 0 Å². The van der Waals surface area contributed by atoms with Crippen LogP contribution in [0.1, 0.15) is 5.56 Å². The van der Waals surface area contributed by atoms with E-state index in [4.69, 9.17) is 0 Å². The van der Waals surface area contributed by atoms with Crippen LogP contribution in [0.3, 0.4) is 0 Å². The SMILES string of the molecule is Cc1cc[c]c(S)c1S. The summed E-state index contributed by atoms with van der Waals surface area (Å²) in [4.78, 5) is 1.74. The highest BCUT2D eigenvalue weighted by molar-refractivity contribution is 7.83. The van der Waals surface area contributed by atoms with Crippen LogP contribution >= 0.6 is 25.3 Å². The van der Waals surface area contributed by atoms with Gasteiger partial charge in [0.1, 0.15) is 0 Å². The summed E-state index contributed by atoms with van der Waals surface area (Å²) in [6.07, 6.45) is 0. The molecule has 9 heavy (non-hydrogen) atoms. The maximum atomic E-state index is 4.20. The molecule has 1 rings (SSSR count). The van der Waals surface area contributed by atoms with Crippen molar-refractivity contribution in [3.63, 3.8) is 0 Å². The van der Waals surface area contributed by atoms with E-state index in [1.165, 1.54) is 0 Å². The van der Waals surface area contributed by atoms with Gasteiger partial charge in [-0.1, -0.05) is 12.1 Å². The molecule has 0 fully saturated rings. The molecule has 0 nitrogen and oxygen atoms in total. The first-order valence-corrected chi connectivity index (χ1v) is 3.50. The van der Waals surface area contributed by atoms with E-state index in [0.717, 1.165) is 15.4 Å². The maximum absolute atomic E-state index is 4.20. The molecular formula is C7H7S2. The zero-order chi connectivity index (χ0) is 6.85. The number of hydrogen-bond acceptors (Lipinski definition) is 2. The van der Waals surface area contributed by atoms with Gasteiger partial charge in [-0.15, -0.1) is 25.3 Å². The van der Waals surface area contributed by atoms with Crippen LogP contribution in [-0.4, -0.2) is 0 Å². The van der Waals surface area contributed by atoms with Crippen LogP contribution in [-0.2, 0) is 0 Å². The second-order valence-electron chi connectivity index (χ2n) is 1.86. The molecule has 0 bridgehead atoms. The van der Waals surface area contributed by atoms with Gasteiger partial charge in [0.25, 0.3) is 0 Å². The molecule has 2 heteroatoms. The standard InChI is InChI=1S/C7H7S2/c1-5-3-2-4-6(8)7(5)9/h2-3,8-9H,1H3. The first kappa shape index (κ1) is 7.03. The van der Waals surface area contributed by atoms with E-state index in [1.807, 2.05) is 19.1 Å². The molecule has 1 aromatic rings. The summed E-state index contributed by atoms with van der Waals surface area (Å²) >= 11 is 8.34. The molecule has 0 saturated carbocycles. The number of benzene rings is 1. The fourth-order valence-electron chi connectivity index (χ4n) is 0.580. The van der Waals surface area contributed by atoms with Crippen LogP contribution in [0.4, 0.5) is 0 Å². The molecule has 47 valence electrons. The van der Waals surface area contributed by atoms with Crippen molar-refractivity contribution >= 4 is 25.3 Å². The molecule has 0 aromatic heterocycles. The summed E-state index contributed by atoms with van der Waals surface area (Å²) in [6, 6.07) is 6.73. The van der Waals surface area contributed by atoms with Crippen molar-refractivity contribution in [3.05, 3.63) is 23.8 Å². The van der Waals surface area contributed by atoms with Crippen molar-refractivity contribution in [3.8, 4) is 0 Å². The molecule has 1 radical (unpaired) electrons. The summed E-state index contributed by atoms with van der Waals surface area (Å²) < 4.78 is 0. The Balaban J connectivity index is 3.25. The van der Waals surface area contributed by atoms with Crippen LogP contribution in [0.15, 0.2) is 21.9 Å². The zero-order valence-electron chi connectivity index (χ0n) is 5.05. The topological polar surface area (TPSA) is 0 Å². The molecule has 0 heterocycles. The molecule has 0 aliphatic carbocycles. The maximum Gasteiger partial charge on any atom is 0.0256 e. The van der Waals surface area contributed by atoms with Gasteiger partial charge >= 0.3 is 0 Å². The van der Waals surface area contributed by atoms with Crippen LogP contribution in [0, 0.1) is 13.0 Å². The lowest BCUT2D eigenvalue weighted by Crippen LogP contribution is -1.76. The third-order valence-corrected chi connectivity index (χ3v) is 2.26. The average molecular weight is 155 g/mol. The molecule has 0 spiro atoms. The molecule has 0 aliphatic rings. The van der Waals surface area contributed by atoms with Crippen LogP contribution in [0.2, 0.25) is 0 Å². The van der Waals surface area contributed by atoms with Gasteiger partial charge < -0.3 is 0 Å². The van der Waals surface area contributed by atoms with Gasteiger partial charge in [0.05, 0.1) is 0 Å².